The van der Waals surface area contributed by atoms with Crippen LogP contribution in [0, 0.1) is 6.92 Å². The van der Waals surface area contributed by atoms with Crippen LogP contribution < -0.4 is 0 Å². The van der Waals surface area contributed by atoms with E-state index in [0.29, 0.717) is 5.56 Å². The number of benzene rings is 2. The van der Waals surface area contributed by atoms with E-state index in [1.54, 1.807) is 6.08 Å². The minimum atomic E-state index is 0.0114. The fraction of sp³-hybridized carbons (Fsp3) is 0.0500. The molecule has 0 radical (unpaired) electrons. The van der Waals surface area contributed by atoms with Crippen LogP contribution in [0.4, 0.5) is 0 Å². The molecule has 0 amide bonds. The van der Waals surface area contributed by atoms with E-state index in [1.807, 2.05) is 90.6 Å². The van der Waals surface area contributed by atoms with Crippen molar-refractivity contribution in [2.75, 3.05) is 0 Å². The molecule has 0 bridgehead atoms. The highest BCUT2D eigenvalue weighted by Crippen LogP contribution is 2.14. The lowest BCUT2D eigenvalue weighted by atomic mass is 10.1. The molecule has 3 rings (SSSR count). The van der Waals surface area contributed by atoms with Gasteiger partial charge in [-0.3, -0.25) is 4.79 Å². The molecule has 3 aromatic rings. The zero-order chi connectivity index (χ0) is 15.4. The Bertz CT molecular complexity index is 813. The van der Waals surface area contributed by atoms with Crippen molar-refractivity contribution in [1.29, 1.82) is 0 Å². The standard InChI is InChI=1S/C20H17NO/c1-16-7-2-3-8-17(16)11-12-20(22)18-9-6-10-19(15-18)21-13-4-5-14-21/h2-15H,1H3/b12-11+. The van der Waals surface area contributed by atoms with Crippen LogP contribution in [0.5, 0.6) is 0 Å². The highest BCUT2D eigenvalue weighted by atomic mass is 16.1. The van der Waals surface area contributed by atoms with Crippen LogP contribution in [0.15, 0.2) is 79.1 Å². The van der Waals surface area contributed by atoms with Crippen LogP contribution in [0.3, 0.4) is 0 Å². The third-order valence-electron chi connectivity index (χ3n) is 3.64. The lowest BCUT2D eigenvalue weighted by Crippen LogP contribution is -1.97. The number of nitrogens with zero attached hydrogens (tertiary/aromatic N) is 1. The second-order valence-corrected chi connectivity index (χ2v) is 5.19. The summed E-state index contributed by atoms with van der Waals surface area (Å²) in [6.45, 7) is 2.04. The predicted octanol–water partition coefficient (Wildman–Crippen LogP) is 4.68. The first kappa shape index (κ1) is 14.1. The summed E-state index contributed by atoms with van der Waals surface area (Å²) in [6, 6.07) is 19.6. The van der Waals surface area contributed by atoms with Gasteiger partial charge in [0, 0.05) is 23.6 Å². The molecule has 2 aromatic carbocycles. The van der Waals surface area contributed by atoms with E-state index in [2.05, 4.69) is 0 Å². The Morgan fingerprint density at radius 1 is 0.955 bits per heavy atom. The van der Waals surface area contributed by atoms with E-state index in [-0.39, 0.29) is 5.78 Å². The Balaban J connectivity index is 1.84. The monoisotopic (exact) mass is 287 g/mol. The number of aryl methyl sites for hydroxylation is 1. The minimum absolute atomic E-state index is 0.0114. The number of carbonyl (C=O) groups is 1. The quantitative estimate of drug-likeness (QED) is 0.504. The number of allylic oxidation sites excluding steroid dienone is 1. The van der Waals surface area contributed by atoms with Crippen LogP contribution in [0.1, 0.15) is 21.5 Å². The molecule has 0 spiro atoms. The van der Waals surface area contributed by atoms with E-state index < -0.39 is 0 Å². The summed E-state index contributed by atoms with van der Waals surface area (Å²) in [7, 11) is 0. The summed E-state index contributed by atoms with van der Waals surface area (Å²) in [5, 5.41) is 0. The molecule has 2 nitrogen and oxygen atoms in total. The summed E-state index contributed by atoms with van der Waals surface area (Å²) in [4.78, 5) is 12.4. The summed E-state index contributed by atoms with van der Waals surface area (Å²) < 4.78 is 1.99. The van der Waals surface area contributed by atoms with Gasteiger partial charge in [0.2, 0.25) is 0 Å². The van der Waals surface area contributed by atoms with Gasteiger partial charge < -0.3 is 4.57 Å². The largest absolute Gasteiger partial charge is 0.324 e. The fourth-order valence-electron chi connectivity index (χ4n) is 2.36. The molecule has 1 aromatic heterocycles. The second-order valence-electron chi connectivity index (χ2n) is 5.19. The molecule has 0 aliphatic rings. The van der Waals surface area contributed by atoms with Gasteiger partial charge >= 0.3 is 0 Å². The molecule has 0 atom stereocenters. The van der Waals surface area contributed by atoms with E-state index in [9.17, 15) is 4.79 Å². The summed E-state index contributed by atoms with van der Waals surface area (Å²) >= 11 is 0. The number of hydrogen-bond acceptors (Lipinski definition) is 1. The van der Waals surface area contributed by atoms with Gasteiger partial charge in [-0.25, -0.2) is 0 Å². The molecular formula is C20H17NO. The molecular weight excluding hydrogens is 270 g/mol. The fourth-order valence-corrected chi connectivity index (χ4v) is 2.36. The Morgan fingerprint density at radius 3 is 2.50 bits per heavy atom. The van der Waals surface area contributed by atoms with Crippen LogP contribution in [-0.4, -0.2) is 10.4 Å². The van der Waals surface area contributed by atoms with Crippen LogP contribution >= 0.6 is 0 Å². The van der Waals surface area contributed by atoms with Gasteiger partial charge in [-0.2, -0.15) is 0 Å². The molecule has 0 aliphatic carbocycles. The van der Waals surface area contributed by atoms with Gasteiger partial charge in [0.15, 0.2) is 5.78 Å². The zero-order valence-electron chi connectivity index (χ0n) is 12.4. The minimum Gasteiger partial charge on any atom is -0.324 e. The molecule has 1 heterocycles. The van der Waals surface area contributed by atoms with Crippen molar-refractivity contribution in [3.8, 4) is 5.69 Å². The highest BCUT2D eigenvalue weighted by molar-refractivity contribution is 6.07. The van der Waals surface area contributed by atoms with Crippen molar-refractivity contribution in [3.05, 3.63) is 95.8 Å². The van der Waals surface area contributed by atoms with Gasteiger partial charge in [-0.05, 0) is 48.4 Å². The number of ketones is 1. The number of hydrogen-bond donors (Lipinski definition) is 0. The Kier molecular flexibility index (Phi) is 4.01. The van der Waals surface area contributed by atoms with Gasteiger partial charge in [-0.1, -0.05) is 42.5 Å². The third-order valence-corrected chi connectivity index (χ3v) is 3.64. The van der Waals surface area contributed by atoms with Crippen LogP contribution in [0.2, 0.25) is 0 Å². The molecule has 0 fully saturated rings. The Labute approximate surface area is 130 Å². The average molecular weight is 287 g/mol. The molecule has 108 valence electrons. The van der Waals surface area contributed by atoms with Crippen molar-refractivity contribution >= 4 is 11.9 Å². The topological polar surface area (TPSA) is 22.0 Å². The molecule has 0 N–H and O–H groups in total. The van der Waals surface area contributed by atoms with Crippen LogP contribution in [-0.2, 0) is 0 Å². The van der Waals surface area contributed by atoms with E-state index in [0.717, 1.165) is 16.8 Å². The maximum absolute atomic E-state index is 12.4. The normalized spacial score (nSPS) is 11.0. The van der Waals surface area contributed by atoms with Gasteiger partial charge in [0.25, 0.3) is 0 Å². The maximum Gasteiger partial charge on any atom is 0.185 e. The van der Waals surface area contributed by atoms with E-state index in [1.165, 1.54) is 0 Å². The van der Waals surface area contributed by atoms with E-state index in [4.69, 9.17) is 0 Å². The first-order chi connectivity index (χ1) is 10.7. The van der Waals surface area contributed by atoms with Crippen molar-refractivity contribution < 1.29 is 4.79 Å². The van der Waals surface area contributed by atoms with E-state index >= 15 is 0 Å². The summed E-state index contributed by atoms with van der Waals surface area (Å²) in [5.74, 6) is 0.0114. The molecule has 22 heavy (non-hydrogen) atoms. The highest BCUT2D eigenvalue weighted by Gasteiger charge is 2.04. The Morgan fingerprint density at radius 2 is 1.73 bits per heavy atom. The molecule has 0 aliphatic heterocycles. The van der Waals surface area contributed by atoms with Gasteiger partial charge in [0.05, 0.1) is 0 Å². The first-order valence-corrected chi connectivity index (χ1v) is 7.25. The predicted molar refractivity (Wildman–Crippen MR) is 90.3 cm³/mol. The summed E-state index contributed by atoms with van der Waals surface area (Å²) in [6.07, 6.45) is 7.44. The smallest absolute Gasteiger partial charge is 0.185 e. The third kappa shape index (κ3) is 3.07. The number of carbonyl (C=O) groups excluding carboxylic acids is 1. The maximum atomic E-state index is 12.4. The molecule has 0 saturated carbocycles. The van der Waals surface area contributed by atoms with Crippen molar-refractivity contribution in [2.24, 2.45) is 0 Å². The number of rotatable bonds is 4. The van der Waals surface area contributed by atoms with Gasteiger partial charge in [-0.15, -0.1) is 0 Å². The average Bonchev–Trinajstić information content (AvgIpc) is 3.08. The molecule has 0 unspecified atom stereocenters. The van der Waals surface area contributed by atoms with Crippen LogP contribution in [0.25, 0.3) is 11.8 Å². The van der Waals surface area contributed by atoms with Crippen molar-refractivity contribution in [1.82, 2.24) is 4.57 Å². The number of aromatic nitrogens is 1. The lowest BCUT2D eigenvalue weighted by molar-refractivity contribution is 0.104. The molecule has 2 heteroatoms. The SMILES string of the molecule is Cc1ccccc1/C=C/C(=O)c1cccc(-n2cccc2)c1. The summed E-state index contributed by atoms with van der Waals surface area (Å²) in [5.41, 5.74) is 3.90. The zero-order valence-corrected chi connectivity index (χ0v) is 12.4. The Hall–Kier alpha value is -2.87. The first-order valence-electron chi connectivity index (χ1n) is 7.25. The lowest BCUT2D eigenvalue weighted by Gasteiger charge is -2.04. The second kappa shape index (κ2) is 6.27. The van der Waals surface area contributed by atoms with Crippen molar-refractivity contribution in [2.45, 2.75) is 6.92 Å². The molecule has 0 saturated heterocycles. The van der Waals surface area contributed by atoms with Crippen molar-refractivity contribution in [3.63, 3.8) is 0 Å². The van der Waals surface area contributed by atoms with Gasteiger partial charge in [0.1, 0.15) is 0 Å².